The van der Waals surface area contributed by atoms with Gasteiger partial charge >= 0.3 is 0 Å². The van der Waals surface area contributed by atoms with Crippen LogP contribution in [-0.4, -0.2) is 61.1 Å². The van der Waals surface area contributed by atoms with E-state index in [4.69, 9.17) is 4.99 Å². The van der Waals surface area contributed by atoms with E-state index in [1.807, 2.05) is 0 Å². The fourth-order valence-electron chi connectivity index (χ4n) is 3.18. The summed E-state index contributed by atoms with van der Waals surface area (Å²) >= 11 is 0. The third kappa shape index (κ3) is 5.77. The zero-order chi connectivity index (χ0) is 14.2. The van der Waals surface area contributed by atoms with E-state index in [0.717, 1.165) is 44.6 Å². The molecule has 0 aromatic carbocycles. The first-order chi connectivity index (χ1) is 9.85. The van der Waals surface area contributed by atoms with Crippen molar-refractivity contribution in [2.45, 2.75) is 45.6 Å². The molecular formula is C16H31IN4. The Hall–Kier alpha value is -0.300. The Morgan fingerprint density at radius 1 is 1.29 bits per heavy atom. The highest BCUT2D eigenvalue weighted by Gasteiger charge is 2.30. The number of nitrogens with one attached hydrogen (secondary N) is 1. The monoisotopic (exact) mass is 406 g/mol. The van der Waals surface area contributed by atoms with Gasteiger partial charge in [0.15, 0.2) is 5.96 Å². The largest absolute Gasteiger partial charge is 0.357 e. The van der Waals surface area contributed by atoms with Crippen LogP contribution in [0.5, 0.6) is 0 Å². The maximum atomic E-state index is 4.76. The Morgan fingerprint density at radius 3 is 2.71 bits per heavy atom. The van der Waals surface area contributed by atoms with Crippen molar-refractivity contribution in [2.24, 2.45) is 4.99 Å². The molecule has 1 unspecified atom stereocenters. The molecule has 0 amide bonds. The molecule has 5 heteroatoms. The van der Waals surface area contributed by atoms with Gasteiger partial charge < -0.3 is 10.2 Å². The van der Waals surface area contributed by atoms with E-state index in [-0.39, 0.29) is 24.0 Å². The number of likely N-dealkylation sites (tertiary alicyclic amines) is 2. The second-order valence-corrected chi connectivity index (χ2v) is 5.72. The standard InChI is InChI=1S/C16H30N4.HI/c1-3-5-6-10-18-16(17-4-2)20-13-9-15(14-20)19-11-7-8-12-19;/h3,5,15H,4,6-14H2,1-2H3,(H,17,18);1H. The van der Waals surface area contributed by atoms with E-state index in [0.29, 0.717) is 0 Å². The van der Waals surface area contributed by atoms with Crippen LogP contribution in [0, 0.1) is 0 Å². The minimum atomic E-state index is 0. The molecule has 2 fully saturated rings. The lowest BCUT2D eigenvalue weighted by atomic mass is 10.2. The molecule has 1 N–H and O–H groups in total. The fourth-order valence-corrected chi connectivity index (χ4v) is 3.18. The van der Waals surface area contributed by atoms with E-state index in [9.17, 15) is 0 Å². The molecular weight excluding hydrogens is 375 g/mol. The fraction of sp³-hybridized carbons (Fsp3) is 0.812. The van der Waals surface area contributed by atoms with Crippen molar-refractivity contribution in [3.63, 3.8) is 0 Å². The molecule has 2 aliphatic heterocycles. The van der Waals surface area contributed by atoms with Crippen LogP contribution in [-0.2, 0) is 0 Å². The summed E-state index contributed by atoms with van der Waals surface area (Å²) in [6, 6.07) is 0.747. The molecule has 2 heterocycles. The Labute approximate surface area is 147 Å². The van der Waals surface area contributed by atoms with Crippen LogP contribution in [0.15, 0.2) is 17.1 Å². The normalized spacial score (nSPS) is 23.8. The maximum absolute atomic E-state index is 4.76. The van der Waals surface area contributed by atoms with Crippen LogP contribution in [0.1, 0.15) is 39.5 Å². The SMILES string of the molecule is CC=CCCN=C(NCC)N1CCC(N2CCCC2)C1.I. The predicted octanol–water partition coefficient (Wildman–Crippen LogP) is 2.71. The molecule has 0 aliphatic carbocycles. The average Bonchev–Trinajstić information content (AvgIpc) is 3.12. The quantitative estimate of drug-likeness (QED) is 0.251. The second kappa shape index (κ2) is 10.4. The van der Waals surface area contributed by atoms with Gasteiger partial charge in [-0.2, -0.15) is 0 Å². The smallest absolute Gasteiger partial charge is 0.193 e. The summed E-state index contributed by atoms with van der Waals surface area (Å²) in [5.41, 5.74) is 0. The van der Waals surface area contributed by atoms with Crippen LogP contribution < -0.4 is 5.32 Å². The molecule has 21 heavy (non-hydrogen) atoms. The van der Waals surface area contributed by atoms with Gasteiger partial charge in [0, 0.05) is 32.2 Å². The Bertz CT molecular complexity index is 337. The van der Waals surface area contributed by atoms with Crippen molar-refractivity contribution < 1.29 is 0 Å². The first kappa shape index (κ1) is 18.7. The highest BCUT2D eigenvalue weighted by molar-refractivity contribution is 14.0. The van der Waals surface area contributed by atoms with E-state index in [1.54, 1.807) is 0 Å². The topological polar surface area (TPSA) is 30.9 Å². The average molecular weight is 406 g/mol. The van der Waals surface area contributed by atoms with E-state index < -0.39 is 0 Å². The number of guanidine groups is 1. The zero-order valence-corrected chi connectivity index (χ0v) is 15.9. The number of hydrogen-bond acceptors (Lipinski definition) is 2. The van der Waals surface area contributed by atoms with Gasteiger partial charge in [0.1, 0.15) is 0 Å². The Morgan fingerprint density at radius 2 is 2.05 bits per heavy atom. The van der Waals surface area contributed by atoms with Crippen LogP contribution in [0.4, 0.5) is 0 Å². The van der Waals surface area contributed by atoms with E-state index in [1.165, 1.54) is 32.4 Å². The van der Waals surface area contributed by atoms with Crippen molar-refractivity contribution >= 4 is 29.9 Å². The van der Waals surface area contributed by atoms with E-state index >= 15 is 0 Å². The summed E-state index contributed by atoms with van der Waals surface area (Å²) in [5, 5.41) is 3.45. The minimum absolute atomic E-state index is 0. The summed E-state index contributed by atoms with van der Waals surface area (Å²) in [6.07, 6.45) is 9.38. The molecule has 2 aliphatic rings. The lowest BCUT2D eigenvalue weighted by Gasteiger charge is -2.25. The van der Waals surface area contributed by atoms with Gasteiger partial charge in [0.2, 0.25) is 0 Å². The van der Waals surface area contributed by atoms with Gasteiger partial charge in [-0.15, -0.1) is 24.0 Å². The summed E-state index contributed by atoms with van der Waals surface area (Å²) in [4.78, 5) is 9.87. The van der Waals surface area contributed by atoms with Crippen molar-refractivity contribution in [1.82, 2.24) is 15.1 Å². The van der Waals surface area contributed by atoms with Gasteiger partial charge in [-0.25, -0.2) is 0 Å². The van der Waals surface area contributed by atoms with E-state index in [2.05, 4.69) is 41.1 Å². The van der Waals surface area contributed by atoms with Crippen molar-refractivity contribution in [1.29, 1.82) is 0 Å². The lowest BCUT2D eigenvalue weighted by Crippen LogP contribution is -2.42. The van der Waals surface area contributed by atoms with Crippen LogP contribution >= 0.6 is 24.0 Å². The highest BCUT2D eigenvalue weighted by Crippen LogP contribution is 2.20. The molecule has 2 saturated heterocycles. The number of hydrogen-bond donors (Lipinski definition) is 1. The van der Waals surface area contributed by atoms with Crippen molar-refractivity contribution in [2.75, 3.05) is 39.3 Å². The van der Waals surface area contributed by atoms with Crippen LogP contribution in [0.25, 0.3) is 0 Å². The van der Waals surface area contributed by atoms with Crippen LogP contribution in [0.2, 0.25) is 0 Å². The van der Waals surface area contributed by atoms with Gasteiger partial charge in [-0.3, -0.25) is 9.89 Å². The minimum Gasteiger partial charge on any atom is -0.357 e. The third-order valence-electron chi connectivity index (χ3n) is 4.25. The summed E-state index contributed by atoms with van der Waals surface area (Å²) in [5.74, 6) is 1.11. The summed E-state index contributed by atoms with van der Waals surface area (Å²) in [6.45, 7) is 10.9. The number of halogens is 1. The molecule has 0 aromatic heterocycles. The molecule has 4 nitrogen and oxygen atoms in total. The maximum Gasteiger partial charge on any atom is 0.193 e. The second-order valence-electron chi connectivity index (χ2n) is 5.72. The first-order valence-electron chi connectivity index (χ1n) is 8.23. The summed E-state index contributed by atoms with van der Waals surface area (Å²) < 4.78 is 0. The Kier molecular flexibility index (Phi) is 9.31. The molecule has 0 bridgehead atoms. The van der Waals surface area contributed by atoms with Crippen molar-refractivity contribution in [3.8, 4) is 0 Å². The van der Waals surface area contributed by atoms with Gasteiger partial charge in [-0.05, 0) is 52.6 Å². The molecule has 0 radical (unpaired) electrons. The summed E-state index contributed by atoms with van der Waals surface area (Å²) in [7, 11) is 0. The number of allylic oxidation sites excluding steroid dienone is 1. The lowest BCUT2D eigenvalue weighted by molar-refractivity contribution is 0.249. The van der Waals surface area contributed by atoms with Crippen LogP contribution in [0.3, 0.4) is 0 Å². The number of rotatable bonds is 5. The van der Waals surface area contributed by atoms with Gasteiger partial charge in [0.05, 0.1) is 0 Å². The number of nitrogens with zero attached hydrogens (tertiary/aromatic N) is 3. The molecule has 0 spiro atoms. The van der Waals surface area contributed by atoms with Gasteiger partial charge in [0.25, 0.3) is 0 Å². The highest BCUT2D eigenvalue weighted by atomic mass is 127. The third-order valence-corrected chi connectivity index (χ3v) is 4.25. The first-order valence-corrected chi connectivity index (χ1v) is 8.23. The number of aliphatic imine (C=N–C) groups is 1. The molecule has 1 atom stereocenters. The molecule has 0 aromatic rings. The van der Waals surface area contributed by atoms with Gasteiger partial charge in [-0.1, -0.05) is 12.2 Å². The molecule has 2 rings (SSSR count). The molecule has 122 valence electrons. The zero-order valence-electron chi connectivity index (χ0n) is 13.6. The molecule has 0 saturated carbocycles. The predicted molar refractivity (Wildman–Crippen MR) is 102 cm³/mol. The van der Waals surface area contributed by atoms with Crippen molar-refractivity contribution in [3.05, 3.63) is 12.2 Å². The Balaban J connectivity index is 0.00000220.